The first-order chi connectivity index (χ1) is 15.7. The molecule has 1 fully saturated rings. The molecular formula is C28H35Cl2NO2. The minimum Gasteiger partial charge on any atom is -0.393 e. The van der Waals surface area contributed by atoms with E-state index in [0.29, 0.717) is 29.3 Å². The summed E-state index contributed by atoms with van der Waals surface area (Å²) in [5.41, 5.74) is 1.63. The highest BCUT2D eigenvalue weighted by Gasteiger charge is 2.50. The largest absolute Gasteiger partial charge is 0.393 e. The molecular weight excluding hydrogens is 453 g/mol. The van der Waals surface area contributed by atoms with E-state index in [9.17, 15) is 9.90 Å². The number of piperidine rings is 1. The van der Waals surface area contributed by atoms with Crippen molar-refractivity contribution in [3.63, 3.8) is 0 Å². The van der Waals surface area contributed by atoms with Gasteiger partial charge >= 0.3 is 0 Å². The van der Waals surface area contributed by atoms with Crippen molar-refractivity contribution in [1.29, 1.82) is 0 Å². The van der Waals surface area contributed by atoms with E-state index in [1.54, 1.807) is 6.92 Å². The number of likely N-dealkylation sites (tertiary alicyclic amines) is 1. The van der Waals surface area contributed by atoms with E-state index in [-0.39, 0.29) is 23.9 Å². The van der Waals surface area contributed by atoms with Gasteiger partial charge in [0.05, 0.1) is 17.6 Å². The fraction of sp³-hybridized carbons (Fsp3) is 0.464. The maximum Gasteiger partial charge on any atom is 0.229 e. The Morgan fingerprint density at radius 3 is 2.42 bits per heavy atom. The van der Waals surface area contributed by atoms with Crippen molar-refractivity contribution in [2.45, 2.75) is 77.0 Å². The highest BCUT2D eigenvalue weighted by Crippen LogP contribution is 2.52. The molecule has 3 unspecified atom stereocenters. The van der Waals surface area contributed by atoms with Gasteiger partial charge in [0.1, 0.15) is 0 Å². The molecule has 0 aliphatic carbocycles. The number of carbonyl (C=O) groups is 1. The van der Waals surface area contributed by atoms with Crippen LogP contribution in [0.2, 0.25) is 10.0 Å². The quantitative estimate of drug-likeness (QED) is 0.370. The maximum absolute atomic E-state index is 14.1. The molecule has 2 aromatic carbocycles. The molecule has 1 saturated heterocycles. The fourth-order valence-corrected chi connectivity index (χ4v) is 5.59. The first kappa shape index (κ1) is 25.8. The highest BCUT2D eigenvalue weighted by atomic mass is 35.5. The molecule has 2 aromatic rings. The first-order valence-electron chi connectivity index (χ1n) is 11.8. The van der Waals surface area contributed by atoms with Crippen LogP contribution in [0.4, 0.5) is 0 Å². The second-order valence-corrected chi connectivity index (χ2v) is 10.5. The predicted molar refractivity (Wildman–Crippen MR) is 138 cm³/mol. The minimum absolute atomic E-state index is 0.0129. The van der Waals surface area contributed by atoms with Crippen LogP contribution in [-0.2, 0) is 4.79 Å². The van der Waals surface area contributed by atoms with Gasteiger partial charge in [0.15, 0.2) is 0 Å². The van der Waals surface area contributed by atoms with E-state index in [0.717, 1.165) is 24.0 Å². The molecule has 1 amide bonds. The Kier molecular flexibility index (Phi) is 8.66. The highest BCUT2D eigenvalue weighted by molar-refractivity contribution is 6.30. The van der Waals surface area contributed by atoms with Crippen LogP contribution in [-0.4, -0.2) is 28.1 Å². The summed E-state index contributed by atoms with van der Waals surface area (Å²) < 4.78 is 0. The van der Waals surface area contributed by atoms with Crippen molar-refractivity contribution < 1.29 is 9.90 Å². The summed E-state index contributed by atoms with van der Waals surface area (Å²) in [5.74, 6) is 0.214. The van der Waals surface area contributed by atoms with Crippen molar-refractivity contribution in [3.8, 4) is 0 Å². The van der Waals surface area contributed by atoms with Gasteiger partial charge < -0.3 is 10.0 Å². The lowest BCUT2D eigenvalue weighted by molar-refractivity contribution is -0.155. The maximum atomic E-state index is 14.1. The molecule has 178 valence electrons. The predicted octanol–water partition coefficient (Wildman–Crippen LogP) is 7.57. The molecule has 33 heavy (non-hydrogen) atoms. The molecule has 3 rings (SSSR count). The molecule has 0 spiro atoms. The molecule has 1 aliphatic heterocycles. The molecule has 0 aromatic heterocycles. The summed E-state index contributed by atoms with van der Waals surface area (Å²) in [4.78, 5) is 16.2. The Morgan fingerprint density at radius 1 is 1.15 bits per heavy atom. The van der Waals surface area contributed by atoms with E-state index in [1.165, 1.54) is 0 Å². The zero-order valence-electron chi connectivity index (χ0n) is 19.8. The number of halogens is 2. The Morgan fingerprint density at radius 2 is 1.85 bits per heavy atom. The van der Waals surface area contributed by atoms with E-state index in [1.807, 2.05) is 48.5 Å². The normalized spacial score (nSPS) is 25.0. The van der Waals surface area contributed by atoms with Gasteiger partial charge in [0.25, 0.3) is 0 Å². The lowest BCUT2D eigenvalue weighted by Gasteiger charge is -2.52. The Hall–Kier alpha value is -1.81. The molecule has 1 N–H and O–H groups in total. The van der Waals surface area contributed by atoms with Gasteiger partial charge in [0, 0.05) is 22.0 Å². The number of allylic oxidation sites excluding steroid dienone is 1. The van der Waals surface area contributed by atoms with Gasteiger partial charge in [-0.25, -0.2) is 0 Å². The number of hydrogen-bond donors (Lipinski definition) is 1. The van der Waals surface area contributed by atoms with Gasteiger partial charge in [-0.15, -0.1) is 6.58 Å². The second kappa shape index (κ2) is 11.1. The first-order valence-corrected chi connectivity index (χ1v) is 12.6. The molecule has 0 radical (unpaired) electrons. The molecule has 0 bridgehead atoms. The van der Waals surface area contributed by atoms with Crippen LogP contribution in [0.3, 0.4) is 0 Å². The van der Waals surface area contributed by atoms with E-state index in [2.05, 4.69) is 31.4 Å². The van der Waals surface area contributed by atoms with Gasteiger partial charge in [0.2, 0.25) is 5.91 Å². The number of rotatable bonds is 9. The van der Waals surface area contributed by atoms with Crippen molar-refractivity contribution in [3.05, 3.63) is 82.4 Å². The molecule has 0 saturated carbocycles. The number of hydrogen-bond acceptors (Lipinski definition) is 2. The number of aliphatic hydroxyl groups is 1. The Balaban J connectivity index is 2.19. The number of benzene rings is 2. The van der Waals surface area contributed by atoms with E-state index in [4.69, 9.17) is 23.2 Å². The smallest absolute Gasteiger partial charge is 0.229 e. The van der Waals surface area contributed by atoms with Gasteiger partial charge in [-0.05, 0) is 74.4 Å². The third-order valence-electron chi connectivity index (χ3n) is 6.97. The monoisotopic (exact) mass is 487 g/mol. The van der Waals surface area contributed by atoms with Crippen molar-refractivity contribution >= 4 is 29.1 Å². The van der Waals surface area contributed by atoms with Crippen LogP contribution in [0, 0.1) is 5.41 Å². The SMILES string of the molecule is C=CCC1(C)CC(c2cccc(Cl)c2)C(c2ccc(Cl)cc2)N([C@@H](CC)CC[C@H](C)O)C1=O. The average molecular weight is 488 g/mol. The van der Waals surface area contributed by atoms with Gasteiger partial charge in [-0.3, -0.25) is 4.79 Å². The van der Waals surface area contributed by atoms with Crippen molar-refractivity contribution in [2.75, 3.05) is 0 Å². The summed E-state index contributed by atoms with van der Waals surface area (Å²) in [6, 6.07) is 15.7. The summed E-state index contributed by atoms with van der Waals surface area (Å²) in [7, 11) is 0. The van der Waals surface area contributed by atoms with Gasteiger partial charge in [-0.1, -0.05) is 67.4 Å². The van der Waals surface area contributed by atoms with Crippen LogP contribution >= 0.6 is 23.2 Å². The number of aliphatic hydroxyl groups excluding tert-OH is 1. The Bertz CT molecular complexity index is 959. The zero-order valence-corrected chi connectivity index (χ0v) is 21.3. The van der Waals surface area contributed by atoms with Crippen LogP contribution in [0.5, 0.6) is 0 Å². The average Bonchev–Trinajstić information content (AvgIpc) is 2.77. The van der Waals surface area contributed by atoms with E-state index < -0.39 is 11.5 Å². The fourth-order valence-electron chi connectivity index (χ4n) is 5.26. The summed E-state index contributed by atoms with van der Waals surface area (Å²) in [6.45, 7) is 9.92. The van der Waals surface area contributed by atoms with Crippen molar-refractivity contribution in [1.82, 2.24) is 4.90 Å². The van der Waals surface area contributed by atoms with Gasteiger partial charge in [-0.2, -0.15) is 0 Å². The lowest BCUT2D eigenvalue weighted by Crippen LogP contribution is -2.55. The van der Waals surface area contributed by atoms with Crippen LogP contribution < -0.4 is 0 Å². The number of amides is 1. The number of carbonyl (C=O) groups excluding carboxylic acids is 1. The van der Waals surface area contributed by atoms with Crippen LogP contribution in [0.15, 0.2) is 61.2 Å². The zero-order chi connectivity index (χ0) is 24.2. The van der Waals surface area contributed by atoms with Crippen LogP contribution in [0.25, 0.3) is 0 Å². The molecule has 5 heteroatoms. The standard InChI is InChI=1S/C28H35Cl2NO2/c1-5-16-28(4)18-25(21-8-7-9-23(30)17-21)26(20-11-13-22(29)14-12-20)31(27(28)33)24(6-2)15-10-19(3)32/h5,7-9,11-14,17,19,24-26,32H,1,6,10,15-16,18H2,2-4H3/t19-,24-,25?,26?,28?/m0/s1. The summed E-state index contributed by atoms with van der Waals surface area (Å²) >= 11 is 12.6. The molecule has 1 heterocycles. The second-order valence-electron chi connectivity index (χ2n) is 9.62. The summed E-state index contributed by atoms with van der Waals surface area (Å²) in [6.07, 6.45) is 4.97. The Labute approximate surface area is 208 Å². The molecule has 5 atom stereocenters. The summed E-state index contributed by atoms with van der Waals surface area (Å²) in [5, 5.41) is 11.3. The van der Waals surface area contributed by atoms with E-state index >= 15 is 0 Å². The number of nitrogens with zero attached hydrogens (tertiary/aromatic N) is 1. The topological polar surface area (TPSA) is 40.5 Å². The lowest BCUT2D eigenvalue weighted by atomic mass is 9.67. The van der Waals surface area contributed by atoms with Crippen LogP contribution in [0.1, 0.15) is 76.0 Å². The van der Waals surface area contributed by atoms with Crippen molar-refractivity contribution in [2.24, 2.45) is 5.41 Å². The molecule has 3 nitrogen and oxygen atoms in total. The molecule has 1 aliphatic rings. The minimum atomic E-state index is -0.560. The third-order valence-corrected chi connectivity index (χ3v) is 7.45. The third kappa shape index (κ3) is 5.82.